The summed E-state index contributed by atoms with van der Waals surface area (Å²) in [6.07, 6.45) is 0. The molecule has 0 aliphatic heterocycles. The third-order valence-electron chi connectivity index (χ3n) is 2.37. The maximum Gasteiger partial charge on any atom is 1.00 e. The van der Waals surface area contributed by atoms with E-state index in [0.717, 1.165) is 18.7 Å². The molecule has 0 aromatic heterocycles. The Hall–Kier alpha value is 0.471. The summed E-state index contributed by atoms with van der Waals surface area (Å²) in [5, 5.41) is 0. The molecular formula is C11H16BF3KNO. The molecule has 1 aromatic carbocycles. The van der Waals surface area contributed by atoms with Crippen LogP contribution >= 0.6 is 0 Å². The van der Waals surface area contributed by atoms with Crippen LogP contribution in [0.3, 0.4) is 0 Å². The van der Waals surface area contributed by atoms with Crippen molar-refractivity contribution in [3.05, 3.63) is 23.8 Å². The zero-order chi connectivity index (χ0) is 13.1. The van der Waals surface area contributed by atoms with Crippen LogP contribution in [0.25, 0.3) is 0 Å². The van der Waals surface area contributed by atoms with Gasteiger partial charge in [0.2, 0.25) is 0 Å². The molecular weight excluding hydrogens is 269 g/mol. The number of rotatable bonds is 5. The number of likely N-dealkylation sites (N-methyl/N-ethyl adjacent to an activating group) is 1. The molecule has 0 radical (unpaired) electrons. The Morgan fingerprint density at radius 2 is 1.83 bits per heavy atom. The quantitative estimate of drug-likeness (QED) is 0.643. The molecule has 1 aromatic rings. The largest absolute Gasteiger partial charge is 1.00 e. The van der Waals surface area contributed by atoms with Crippen LogP contribution in [0.5, 0.6) is 5.75 Å². The predicted molar refractivity (Wildman–Crippen MR) is 63.9 cm³/mol. The van der Waals surface area contributed by atoms with E-state index in [4.69, 9.17) is 4.74 Å². The van der Waals surface area contributed by atoms with E-state index in [2.05, 4.69) is 0 Å². The number of hydrogen-bond donors (Lipinski definition) is 0. The molecule has 1 rings (SSSR count). The van der Waals surface area contributed by atoms with Crippen LogP contribution < -0.4 is 61.6 Å². The molecule has 0 heterocycles. The van der Waals surface area contributed by atoms with Gasteiger partial charge in [-0.1, -0.05) is 12.1 Å². The fourth-order valence-electron chi connectivity index (χ4n) is 1.38. The average molecular weight is 285 g/mol. The van der Waals surface area contributed by atoms with E-state index >= 15 is 0 Å². The minimum Gasteiger partial charge on any atom is -0.492 e. The first-order chi connectivity index (χ1) is 7.80. The summed E-state index contributed by atoms with van der Waals surface area (Å²) in [5.41, 5.74) is -0.0667. The van der Waals surface area contributed by atoms with Crippen LogP contribution in [0.15, 0.2) is 18.2 Å². The Morgan fingerprint density at radius 1 is 1.22 bits per heavy atom. The molecule has 0 unspecified atom stereocenters. The van der Waals surface area contributed by atoms with Crippen LogP contribution in [-0.4, -0.2) is 39.1 Å². The molecule has 0 spiro atoms. The van der Waals surface area contributed by atoms with Crippen LogP contribution in [-0.2, 0) is 0 Å². The second-order valence-electron chi connectivity index (χ2n) is 4.25. The van der Waals surface area contributed by atoms with Crippen molar-refractivity contribution in [3.8, 4) is 5.75 Å². The molecule has 0 atom stereocenters. The number of nitrogens with zero attached hydrogens (tertiary/aromatic N) is 1. The maximum atomic E-state index is 12.5. The van der Waals surface area contributed by atoms with Gasteiger partial charge >= 0.3 is 58.4 Å². The van der Waals surface area contributed by atoms with Gasteiger partial charge in [0.05, 0.1) is 0 Å². The topological polar surface area (TPSA) is 12.5 Å². The maximum absolute atomic E-state index is 12.5. The first kappa shape index (κ1) is 18.5. The van der Waals surface area contributed by atoms with Gasteiger partial charge < -0.3 is 22.6 Å². The molecule has 0 fully saturated rings. The summed E-state index contributed by atoms with van der Waals surface area (Å²) >= 11 is 0. The second kappa shape index (κ2) is 7.92. The average Bonchev–Trinajstić information content (AvgIpc) is 2.18. The molecule has 2 nitrogen and oxygen atoms in total. The zero-order valence-corrected chi connectivity index (χ0v) is 14.3. The van der Waals surface area contributed by atoms with Gasteiger partial charge in [-0.2, -0.15) is 0 Å². The Morgan fingerprint density at radius 3 is 2.28 bits per heavy atom. The fraction of sp³-hybridized carbons (Fsp3) is 0.455. The standard InChI is InChI=1S/C11H16BF3NO.K/c1-9-8-10(12(13,14)15)4-5-11(9)17-7-6-16(2)3;/h4-5,8H,6-7H2,1-3H3;/q-1;+1. The first-order valence-corrected chi connectivity index (χ1v) is 5.38. The van der Waals surface area contributed by atoms with Crippen molar-refractivity contribution in [2.75, 3.05) is 27.2 Å². The van der Waals surface area contributed by atoms with Crippen LogP contribution in [0.1, 0.15) is 5.56 Å². The molecule has 0 aliphatic carbocycles. The van der Waals surface area contributed by atoms with E-state index in [1.807, 2.05) is 19.0 Å². The SMILES string of the molecule is Cc1cc([B-](F)(F)F)ccc1OCCN(C)C.[K+]. The smallest absolute Gasteiger partial charge is 0.492 e. The fourth-order valence-corrected chi connectivity index (χ4v) is 1.38. The number of ether oxygens (including phenoxy) is 1. The monoisotopic (exact) mass is 285 g/mol. The van der Waals surface area contributed by atoms with Gasteiger partial charge in [-0.15, -0.1) is 5.46 Å². The summed E-state index contributed by atoms with van der Waals surface area (Å²) in [5.74, 6) is 0.510. The van der Waals surface area contributed by atoms with E-state index in [9.17, 15) is 12.9 Å². The minimum atomic E-state index is -4.93. The van der Waals surface area contributed by atoms with E-state index < -0.39 is 12.4 Å². The molecule has 18 heavy (non-hydrogen) atoms. The van der Waals surface area contributed by atoms with Gasteiger partial charge in [-0.05, 0) is 32.6 Å². The van der Waals surface area contributed by atoms with Gasteiger partial charge in [-0.3, -0.25) is 0 Å². The summed E-state index contributed by atoms with van der Waals surface area (Å²) in [7, 11) is 3.82. The number of benzene rings is 1. The summed E-state index contributed by atoms with van der Waals surface area (Å²) < 4.78 is 42.8. The van der Waals surface area contributed by atoms with Crippen molar-refractivity contribution in [2.24, 2.45) is 0 Å². The van der Waals surface area contributed by atoms with Gasteiger partial charge in [-0.25, -0.2) is 0 Å². The second-order valence-corrected chi connectivity index (χ2v) is 4.25. The number of aryl methyl sites for hydroxylation is 1. The van der Waals surface area contributed by atoms with E-state index in [1.165, 1.54) is 6.07 Å². The summed E-state index contributed by atoms with van der Waals surface area (Å²) in [6.45, 7) is -2.12. The Labute approximate surface area is 148 Å². The Kier molecular flexibility index (Phi) is 8.12. The molecule has 0 N–H and O–H groups in total. The zero-order valence-electron chi connectivity index (χ0n) is 11.2. The predicted octanol–water partition coefficient (Wildman–Crippen LogP) is -1.01. The molecule has 0 saturated heterocycles. The molecule has 0 bridgehead atoms. The number of hydrogen-bond acceptors (Lipinski definition) is 2. The Bertz CT molecular complexity index is 385. The van der Waals surface area contributed by atoms with Crippen molar-refractivity contribution >= 4 is 12.4 Å². The summed E-state index contributed by atoms with van der Waals surface area (Å²) in [4.78, 5) is 1.95. The minimum absolute atomic E-state index is 0. The van der Waals surface area contributed by atoms with Gasteiger partial charge in [0.15, 0.2) is 0 Å². The van der Waals surface area contributed by atoms with Crippen molar-refractivity contribution in [1.29, 1.82) is 0 Å². The molecule has 0 saturated carbocycles. The molecule has 7 heteroatoms. The third-order valence-corrected chi connectivity index (χ3v) is 2.37. The normalized spacial score (nSPS) is 11.3. The van der Waals surface area contributed by atoms with E-state index in [0.29, 0.717) is 17.9 Å². The number of halogens is 3. The first-order valence-electron chi connectivity index (χ1n) is 5.38. The van der Waals surface area contributed by atoms with Gasteiger partial charge in [0.25, 0.3) is 0 Å². The van der Waals surface area contributed by atoms with Gasteiger partial charge in [0.1, 0.15) is 12.4 Å². The Balaban J connectivity index is 0.00000289. The molecule has 0 aliphatic rings. The molecule has 0 amide bonds. The van der Waals surface area contributed by atoms with E-state index in [1.54, 1.807) is 6.92 Å². The summed E-state index contributed by atoms with van der Waals surface area (Å²) in [6, 6.07) is 3.58. The van der Waals surface area contributed by atoms with E-state index in [-0.39, 0.29) is 51.4 Å². The molecule has 96 valence electrons. The van der Waals surface area contributed by atoms with Crippen LogP contribution in [0.2, 0.25) is 0 Å². The van der Waals surface area contributed by atoms with Crippen LogP contribution in [0.4, 0.5) is 12.9 Å². The van der Waals surface area contributed by atoms with Gasteiger partial charge in [0, 0.05) is 6.54 Å². The van der Waals surface area contributed by atoms with Crippen molar-refractivity contribution in [3.63, 3.8) is 0 Å². The third kappa shape index (κ3) is 6.08. The van der Waals surface area contributed by atoms with Crippen LogP contribution in [0, 0.1) is 6.92 Å². The van der Waals surface area contributed by atoms with Crippen molar-refractivity contribution in [2.45, 2.75) is 6.92 Å². The van der Waals surface area contributed by atoms with Crippen molar-refractivity contribution < 1.29 is 69.1 Å². The van der Waals surface area contributed by atoms with Crippen molar-refractivity contribution in [1.82, 2.24) is 4.90 Å².